The van der Waals surface area contributed by atoms with Crippen molar-refractivity contribution in [3.8, 4) is 0 Å². The van der Waals surface area contributed by atoms with Crippen LogP contribution >= 0.6 is 0 Å². The summed E-state index contributed by atoms with van der Waals surface area (Å²) >= 11 is 0. The number of carbonyl (C=O) groups is 3. The number of nitrogens with two attached hydrogens (primary N) is 1. The number of likely N-dealkylation sites (tertiary alicyclic amines) is 1. The van der Waals surface area contributed by atoms with E-state index in [1.165, 1.54) is 4.90 Å². The second-order valence-corrected chi connectivity index (χ2v) is 7.45. The van der Waals surface area contributed by atoms with E-state index in [2.05, 4.69) is 5.32 Å². The molecule has 4 atom stereocenters. The molecule has 0 spiro atoms. The first kappa shape index (κ1) is 18.7. The van der Waals surface area contributed by atoms with Crippen LogP contribution < -0.4 is 11.1 Å². The van der Waals surface area contributed by atoms with Gasteiger partial charge in [-0.15, -0.1) is 0 Å². The van der Waals surface area contributed by atoms with Gasteiger partial charge < -0.3 is 21.1 Å². The van der Waals surface area contributed by atoms with Gasteiger partial charge in [-0.25, -0.2) is 0 Å². The maximum atomic E-state index is 12.9. The lowest BCUT2D eigenvalue weighted by atomic mass is 10.00. The molecule has 1 aliphatic heterocycles. The van der Waals surface area contributed by atoms with Crippen LogP contribution in [0, 0.1) is 11.8 Å². The number of nitrogens with zero attached hydrogens (tertiary/aromatic N) is 1. The number of carbonyl (C=O) groups excluding carboxylic acids is 3. The summed E-state index contributed by atoms with van der Waals surface area (Å²) in [5.74, 6) is -0.914. The van der Waals surface area contributed by atoms with Crippen molar-refractivity contribution in [2.45, 2.75) is 70.6 Å². The molecule has 1 saturated heterocycles. The van der Waals surface area contributed by atoms with E-state index in [9.17, 15) is 19.5 Å². The van der Waals surface area contributed by atoms with Crippen LogP contribution in [-0.2, 0) is 14.4 Å². The first-order valence-corrected chi connectivity index (χ1v) is 8.87. The number of aliphatic hydroxyl groups excluding tert-OH is 1. The molecule has 24 heavy (non-hydrogen) atoms. The average Bonchev–Trinajstić information content (AvgIpc) is 3.13. The largest absolute Gasteiger partial charge is 0.393 e. The van der Waals surface area contributed by atoms with E-state index in [0.717, 1.165) is 6.42 Å². The lowest BCUT2D eigenvalue weighted by molar-refractivity contribution is -0.141. The van der Waals surface area contributed by atoms with Gasteiger partial charge in [0.1, 0.15) is 12.1 Å². The number of hydrogen-bond donors (Lipinski definition) is 3. The number of rotatable bonds is 6. The minimum Gasteiger partial charge on any atom is -0.393 e. The maximum absolute atomic E-state index is 12.9. The van der Waals surface area contributed by atoms with E-state index in [-0.39, 0.29) is 23.7 Å². The van der Waals surface area contributed by atoms with Crippen LogP contribution in [0.3, 0.4) is 0 Å². The molecule has 1 saturated carbocycles. The van der Waals surface area contributed by atoms with E-state index in [0.29, 0.717) is 38.6 Å². The molecule has 2 rings (SSSR count). The Labute approximate surface area is 142 Å². The Morgan fingerprint density at radius 3 is 2.50 bits per heavy atom. The molecule has 0 bridgehead atoms. The van der Waals surface area contributed by atoms with Crippen LogP contribution in [0.2, 0.25) is 0 Å². The third-order valence-corrected chi connectivity index (χ3v) is 4.96. The van der Waals surface area contributed by atoms with E-state index >= 15 is 0 Å². The summed E-state index contributed by atoms with van der Waals surface area (Å²) < 4.78 is 0. The first-order chi connectivity index (χ1) is 11.3. The highest BCUT2D eigenvalue weighted by atomic mass is 16.3. The molecule has 7 heteroatoms. The minimum atomic E-state index is -0.643. The van der Waals surface area contributed by atoms with Crippen molar-refractivity contribution in [1.29, 1.82) is 0 Å². The van der Waals surface area contributed by atoms with Gasteiger partial charge in [0.2, 0.25) is 17.7 Å². The molecule has 1 aliphatic carbocycles. The van der Waals surface area contributed by atoms with Gasteiger partial charge in [0.15, 0.2) is 0 Å². The smallest absolute Gasteiger partial charge is 0.245 e. The first-order valence-electron chi connectivity index (χ1n) is 8.87. The summed E-state index contributed by atoms with van der Waals surface area (Å²) in [5, 5.41) is 12.5. The quantitative estimate of drug-likeness (QED) is 0.639. The Hall–Kier alpha value is -1.63. The molecule has 2 aliphatic rings. The van der Waals surface area contributed by atoms with Crippen LogP contribution in [0.5, 0.6) is 0 Å². The molecule has 0 radical (unpaired) electrons. The lowest BCUT2D eigenvalue weighted by Gasteiger charge is -2.29. The zero-order valence-electron chi connectivity index (χ0n) is 14.5. The van der Waals surface area contributed by atoms with Crippen molar-refractivity contribution in [2.24, 2.45) is 17.6 Å². The van der Waals surface area contributed by atoms with Crippen molar-refractivity contribution in [3.05, 3.63) is 0 Å². The van der Waals surface area contributed by atoms with Gasteiger partial charge in [-0.3, -0.25) is 14.4 Å². The zero-order valence-corrected chi connectivity index (χ0v) is 14.5. The van der Waals surface area contributed by atoms with Gasteiger partial charge in [-0.1, -0.05) is 13.8 Å². The van der Waals surface area contributed by atoms with Crippen LogP contribution in [0.1, 0.15) is 52.4 Å². The van der Waals surface area contributed by atoms with E-state index < -0.39 is 24.1 Å². The molecule has 1 unspecified atom stereocenters. The third kappa shape index (κ3) is 4.47. The number of hydrogen-bond acceptors (Lipinski definition) is 4. The van der Waals surface area contributed by atoms with E-state index in [1.807, 2.05) is 13.8 Å². The molecule has 0 aromatic heterocycles. The fourth-order valence-corrected chi connectivity index (χ4v) is 3.70. The zero-order chi connectivity index (χ0) is 17.9. The minimum absolute atomic E-state index is 0.180. The summed E-state index contributed by atoms with van der Waals surface area (Å²) in [7, 11) is 0. The molecule has 2 fully saturated rings. The van der Waals surface area contributed by atoms with Gasteiger partial charge in [-0.05, 0) is 44.4 Å². The van der Waals surface area contributed by atoms with Crippen molar-refractivity contribution < 1.29 is 19.5 Å². The summed E-state index contributed by atoms with van der Waals surface area (Å²) in [6.45, 7) is 4.47. The number of nitrogens with one attached hydrogen (secondary N) is 1. The van der Waals surface area contributed by atoms with E-state index in [1.54, 1.807) is 0 Å². The molecular formula is C17H29N3O4. The maximum Gasteiger partial charge on any atom is 0.245 e. The van der Waals surface area contributed by atoms with Gasteiger partial charge >= 0.3 is 0 Å². The van der Waals surface area contributed by atoms with Crippen molar-refractivity contribution in [1.82, 2.24) is 10.2 Å². The number of primary amides is 1. The Morgan fingerprint density at radius 2 is 1.96 bits per heavy atom. The van der Waals surface area contributed by atoms with Crippen LogP contribution in [0.4, 0.5) is 0 Å². The summed E-state index contributed by atoms with van der Waals surface area (Å²) in [5.41, 5.74) is 5.40. The van der Waals surface area contributed by atoms with Gasteiger partial charge in [0.05, 0.1) is 6.10 Å². The Kier molecular flexibility index (Phi) is 6.21. The summed E-state index contributed by atoms with van der Waals surface area (Å²) in [6.07, 6.45) is 3.12. The second-order valence-electron chi connectivity index (χ2n) is 7.45. The SMILES string of the molecule is CC(C)C[C@H](NC(=O)[C@@H]1CCC(O)C1)C(=O)N1CCC[C@H]1C(N)=O. The highest BCUT2D eigenvalue weighted by Crippen LogP contribution is 2.26. The standard InChI is InChI=1S/C17H29N3O4/c1-10(2)8-13(19-16(23)11-5-6-12(21)9-11)17(24)20-7-3-4-14(20)15(18)22/h10-14,21H,3-9H2,1-2H3,(H2,18,22)(H,19,23)/t11-,12?,13+,14+/m1/s1. The average molecular weight is 339 g/mol. The number of aliphatic hydroxyl groups is 1. The molecule has 136 valence electrons. The van der Waals surface area contributed by atoms with Crippen molar-refractivity contribution in [2.75, 3.05) is 6.54 Å². The van der Waals surface area contributed by atoms with Crippen LogP contribution in [-0.4, -0.2) is 52.5 Å². The Bertz CT molecular complexity index is 494. The molecule has 4 N–H and O–H groups in total. The normalized spacial score (nSPS) is 28.2. The van der Waals surface area contributed by atoms with Gasteiger partial charge in [-0.2, -0.15) is 0 Å². The van der Waals surface area contributed by atoms with Crippen molar-refractivity contribution >= 4 is 17.7 Å². The molecule has 0 aromatic rings. The lowest BCUT2D eigenvalue weighted by Crippen LogP contribution is -2.53. The Morgan fingerprint density at radius 1 is 1.25 bits per heavy atom. The molecule has 1 heterocycles. The highest BCUT2D eigenvalue weighted by molar-refractivity contribution is 5.92. The topological polar surface area (TPSA) is 113 Å². The third-order valence-electron chi connectivity index (χ3n) is 4.96. The molecule has 7 nitrogen and oxygen atoms in total. The fraction of sp³-hybridized carbons (Fsp3) is 0.824. The monoisotopic (exact) mass is 339 g/mol. The van der Waals surface area contributed by atoms with Gasteiger partial charge in [0, 0.05) is 12.5 Å². The molecular weight excluding hydrogens is 310 g/mol. The van der Waals surface area contributed by atoms with Crippen LogP contribution in [0.15, 0.2) is 0 Å². The number of amides is 3. The predicted molar refractivity (Wildman–Crippen MR) is 88.7 cm³/mol. The van der Waals surface area contributed by atoms with Crippen molar-refractivity contribution in [3.63, 3.8) is 0 Å². The van der Waals surface area contributed by atoms with Gasteiger partial charge in [0.25, 0.3) is 0 Å². The Balaban J connectivity index is 2.05. The fourth-order valence-electron chi connectivity index (χ4n) is 3.70. The summed E-state index contributed by atoms with van der Waals surface area (Å²) in [6, 6.07) is -1.22. The van der Waals surface area contributed by atoms with E-state index in [4.69, 9.17) is 5.73 Å². The predicted octanol–water partition coefficient (Wildman–Crippen LogP) is 0.155. The highest BCUT2D eigenvalue weighted by Gasteiger charge is 2.38. The second kappa shape index (κ2) is 7.96. The molecule has 0 aromatic carbocycles. The molecule has 3 amide bonds. The summed E-state index contributed by atoms with van der Waals surface area (Å²) in [4.78, 5) is 38.4. The van der Waals surface area contributed by atoms with Crippen LogP contribution in [0.25, 0.3) is 0 Å².